The van der Waals surface area contributed by atoms with Crippen molar-refractivity contribution in [1.82, 2.24) is 0 Å². The summed E-state index contributed by atoms with van der Waals surface area (Å²) in [4.78, 5) is 0. The van der Waals surface area contributed by atoms with Gasteiger partial charge in [0.1, 0.15) is 0 Å². The van der Waals surface area contributed by atoms with Gasteiger partial charge in [-0.05, 0) is 29.7 Å². The van der Waals surface area contributed by atoms with Crippen LogP contribution in [-0.2, 0) is 11.8 Å². The van der Waals surface area contributed by atoms with Gasteiger partial charge in [0.05, 0.1) is 13.2 Å². The fourth-order valence-electron chi connectivity index (χ4n) is 2.32. The molecule has 2 nitrogen and oxygen atoms in total. The average molecular weight is 356 g/mol. The van der Waals surface area contributed by atoms with E-state index < -0.39 is 5.41 Å². The Hall–Kier alpha value is -0.870. The minimum absolute atomic E-state index is 0.172. The number of hydrogen-bond donors (Lipinski definition) is 2. The quantitative estimate of drug-likeness (QED) is 0.861. The summed E-state index contributed by atoms with van der Waals surface area (Å²) in [6, 6.07) is 15.1. The Morgan fingerprint density at radius 1 is 0.950 bits per heavy atom. The molecule has 0 bridgehead atoms. The first-order valence-corrected chi connectivity index (χ1v) is 7.50. The topological polar surface area (TPSA) is 40.5 Å². The molecule has 0 aliphatic heterocycles. The van der Waals surface area contributed by atoms with Crippen LogP contribution in [0.25, 0.3) is 0 Å². The molecule has 20 heavy (non-hydrogen) atoms. The Morgan fingerprint density at radius 3 is 2.15 bits per heavy atom. The summed E-state index contributed by atoms with van der Waals surface area (Å²) < 4.78 is 0.957. The normalized spacial score (nSPS) is 11.6. The molecule has 2 aromatic carbocycles. The number of aliphatic hydroxyl groups is 2. The maximum Gasteiger partial charge on any atom is 0.0553 e. The molecule has 106 valence electrons. The van der Waals surface area contributed by atoms with E-state index in [1.807, 2.05) is 42.5 Å². The lowest BCUT2D eigenvalue weighted by Gasteiger charge is -2.31. The van der Waals surface area contributed by atoms with Crippen molar-refractivity contribution in [3.63, 3.8) is 0 Å². The zero-order valence-corrected chi connectivity index (χ0v) is 13.2. The second-order valence-electron chi connectivity index (χ2n) is 4.84. The van der Waals surface area contributed by atoms with Crippen LogP contribution in [0.4, 0.5) is 0 Å². The molecule has 0 aromatic heterocycles. The second kappa shape index (κ2) is 6.72. The van der Waals surface area contributed by atoms with Crippen LogP contribution < -0.4 is 0 Å². The third-order valence-corrected chi connectivity index (χ3v) is 4.64. The highest BCUT2D eigenvalue weighted by Gasteiger charge is 2.33. The van der Waals surface area contributed by atoms with Crippen LogP contribution in [0.1, 0.15) is 11.1 Å². The third-order valence-electron chi connectivity index (χ3n) is 3.54. The van der Waals surface area contributed by atoms with Crippen LogP contribution in [-0.4, -0.2) is 23.4 Å². The van der Waals surface area contributed by atoms with Crippen LogP contribution in [0.15, 0.2) is 53.0 Å². The Kier molecular flexibility index (Phi) is 5.22. The lowest BCUT2D eigenvalue weighted by atomic mass is 9.77. The van der Waals surface area contributed by atoms with Gasteiger partial charge in [0.2, 0.25) is 0 Å². The van der Waals surface area contributed by atoms with Crippen molar-refractivity contribution in [2.24, 2.45) is 0 Å². The van der Waals surface area contributed by atoms with Gasteiger partial charge in [-0.15, -0.1) is 0 Å². The van der Waals surface area contributed by atoms with Crippen LogP contribution in [0.3, 0.4) is 0 Å². The van der Waals surface area contributed by atoms with E-state index in [0.29, 0.717) is 11.4 Å². The molecule has 0 heterocycles. The van der Waals surface area contributed by atoms with Crippen molar-refractivity contribution < 1.29 is 10.2 Å². The van der Waals surface area contributed by atoms with Crippen molar-refractivity contribution in [3.8, 4) is 0 Å². The predicted octanol–water partition coefficient (Wildman–Crippen LogP) is 3.57. The van der Waals surface area contributed by atoms with Gasteiger partial charge in [0.25, 0.3) is 0 Å². The van der Waals surface area contributed by atoms with Gasteiger partial charge in [-0.1, -0.05) is 63.9 Å². The summed E-state index contributed by atoms with van der Waals surface area (Å²) >= 11 is 9.74. The summed E-state index contributed by atoms with van der Waals surface area (Å²) in [7, 11) is 0. The van der Waals surface area contributed by atoms with Gasteiger partial charge in [-0.3, -0.25) is 0 Å². The standard InChI is InChI=1S/C16H16BrClO2/c17-14-7-3-1-5-12(14)9-16(10-19,11-20)13-6-2-4-8-15(13)18/h1-8,19-20H,9-11H2. The number of halogens is 2. The monoisotopic (exact) mass is 354 g/mol. The van der Waals surface area contributed by atoms with Crippen LogP contribution >= 0.6 is 27.5 Å². The molecular weight excluding hydrogens is 340 g/mol. The minimum atomic E-state index is -0.789. The molecule has 0 fully saturated rings. The minimum Gasteiger partial charge on any atom is -0.395 e. The van der Waals surface area contributed by atoms with E-state index in [2.05, 4.69) is 15.9 Å². The Balaban J connectivity index is 2.46. The summed E-state index contributed by atoms with van der Waals surface area (Å²) in [6.45, 7) is -0.344. The zero-order chi connectivity index (χ0) is 14.6. The van der Waals surface area contributed by atoms with Crippen LogP contribution in [0.5, 0.6) is 0 Å². The first-order valence-electron chi connectivity index (χ1n) is 6.33. The van der Waals surface area contributed by atoms with Crippen molar-refractivity contribution >= 4 is 27.5 Å². The van der Waals surface area contributed by atoms with Crippen LogP contribution in [0, 0.1) is 0 Å². The molecule has 2 N–H and O–H groups in total. The highest BCUT2D eigenvalue weighted by Crippen LogP contribution is 2.34. The maximum atomic E-state index is 9.87. The molecule has 2 aromatic rings. The molecule has 0 unspecified atom stereocenters. The SMILES string of the molecule is OCC(CO)(Cc1ccccc1Br)c1ccccc1Cl. The first kappa shape index (κ1) is 15.5. The fourth-order valence-corrected chi connectivity index (χ4v) is 3.09. The highest BCUT2D eigenvalue weighted by atomic mass is 79.9. The van der Waals surface area contributed by atoms with Crippen molar-refractivity contribution in [2.75, 3.05) is 13.2 Å². The van der Waals surface area contributed by atoms with Gasteiger partial charge in [0, 0.05) is 14.9 Å². The Labute approximate surface area is 132 Å². The zero-order valence-electron chi connectivity index (χ0n) is 10.9. The number of benzene rings is 2. The lowest BCUT2D eigenvalue weighted by Crippen LogP contribution is -2.37. The van der Waals surface area contributed by atoms with Gasteiger partial charge < -0.3 is 10.2 Å². The van der Waals surface area contributed by atoms with E-state index in [9.17, 15) is 10.2 Å². The Bertz CT molecular complexity index is 582. The second-order valence-corrected chi connectivity index (χ2v) is 6.11. The molecular formula is C16H16BrClO2. The summed E-state index contributed by atoms with van der Waals surface area (Å²) in [5.41, 5.74) is 1.00. The molecule has 0 saturated carbocycles. The molecule has 0 aliphatic rings. The lowest BCUT2D eigenvalue weighted by molar-refractivity contribution is 0.116. The molecule has 0 spiro atoms. The number of rotatable bonds is 5. The van der Waals surface area contributed by atoms with E-state index in [0.717, 1.165) is 15.6 Å². The molecule has 0 amide bonds. The molecule has 4 heteroatoms. The van der Waals surface area contributed by atoms with Gasteiger partial charge >= 0.3 is 0 Å². The van der Waals surface area contributed by atoms with Crippen molar-refractivity contribution in [3.05, 3.63) is 69.2 Å². The van der Waals surface area contributed by atoms with Gasteiger partial charge in [-0.2, -0.15) is 0 Å². The third kappa shape index (κ3) is 3.07. The van der Waals surface area contributed by atoms with Crippen LogP contribution in [0.2, 0.25) is 5.02 Å². The maximum absolute atomic E-state index is 9.87. The number of hydrogen-bond acceptors (Lipinski definition) is 2. The fraction of sp³-hybridized carbons (Fsp3) is 0.250. The van der Waals surface area contributed by atoms with Crippen molar-refractivity contribution in [2.45, 2.75) is 11.8 Å². The number of aliphatic hydroxyl groups excluding tert-OH is 2. The van der Waals surface area contributed by atoms with Gasteiger partial charge in [-0.25, -0.2) is 0 Å². The van der Waals surface area contributed by atoms with Crippen molar-refractivity contribution in [1.29, 1.82) is 0 Å². The summed E-state index contributed by atoms with van der Waals surface area (Å²) in [5.74, 6) is 0. The van der Waals surface area contributed by atoms with E-state index in [1.54, 1.807) is 6.07 Å². The summed E-state index contributed by atoms with van der Waals surface area (Å²) in [5, 5.41) is 20.3. The smallest absolute Gasteiger partial charge is 0.0553 e. The average Bonchev–Trinajstić information content (AvgIpc) is 2.48. The summed E-state index contributed by atoms with van der Waals surface area (Å²) in [6.07, 6.45) is 0.505. The largest absolute Gasteiger partial charge is 0.395 e. The molecule has 0 atom stereocenters. The first-order chi connectivity index (χ1) is 9.63. The van der Waals surface area contributed by atoms with E-state index >= 15 is 0 Å². The molecule has 0 aliphatic carbocycles. The van der Waals surface area contributed by atoms with Gasteiger partial charge in [0.15, 0.2) is 0 Å². The van der Waals surface area contributed by atoms with E-state index in [1.165, 1.54) is 0 Å². The van der Waals surface area contributed by atoms with E-state index in [4.69, 9.17) is 11.6 Å². The molecule has 0 saturated heterocycles. The Morgan fingerprint density at radius 2 is 1.55 bits per heavy atom. The molecule has 0 radical (unpaired) electrons. The molecule has 2 rings (SSSR count). The highest BCUT2D eigenvalue weighted by molar-refractivity contribution is 9.10. The predicted molar refractivity (Wildman–Crippen MR) is 85.1 cm³/mol. The van der Waals surface area contributed by atoms with E-state index in [-0.39, 0.29) is 13.2 Å².